The summed E-state index contributed by atoms with van der Waals surface area (Å²) in [6.07, 6.45) is 20.5. The molecule has 4 aliphatic heterocycles. The number of fused-ring (bicyclic) bond motifs is 14. The Morgan fingerprint density at radius 1 is 0.362 bits per heavy atom. The van der Waals surface area contributed by atoms with Crippen molar-refractivity contribution in [3.63, 3.8) is 0 Å². The van der Waals surface area contributed by atoms with Gasteiger partial charge in [0.2, 0.25) is 0 Å². The van der Waals surface area contributed by atoms with Crippen LogP contribution in [0.5, 0.6) is 47.0 Å². The summed E-state index contributed by atoms with van der Waals surface area (Å²) in [4.78, 5) is 80.3. The monoisotopic (exact) mass is 1720 g/mol. The number of nitrogens with zero attached hydrogens (tertiary/aromatic N) is 20. The molecule has 12 heterocycles. The van der Waals surface area contributed by atoms with Gasteiger partial charge in [0.1, 0.15) is 69.8 Å². The van der Waals surface area contributed by atoms with Crippen molar-refractivity contribution in [2.24, 2.45) is 57.4 Å². The van der Waals surface area contributed by atoms with Gasteiger partial charge in [-0.2, -0.15) is 39.9 Å². The van der Waals surface area contributed by atoms with E-state index in [1.165, 1.54) is 24.3 Å². The van der Waals surface area contributed by atoms with E-state index in [0.717, 1.165) is 213 Å². The highest BCUT2D eigenvalue weighted by Gasteiger charge is 2.58. The molecule has 8 aromatic heterocycles. The predicted octanol–water partition coefficient (Wildman–Crippen LogP) is 11.5. The minimum atomic E-state index is -0.291. The molecule has 4 saturated heterocycles. The lowest BCUT2D eigenvalue weighted by Crippen LogP contribution is -2.46. The van der Waals surface area contributed by atoms with Gasteiger partial charge in [-0.3, -0.25) is 0 Å². The average molecular weight is 1720 g/mol. The van der Waals surface area contributed by atoms with E-state index in [9.17, 15) is 17.6 Å². The van der Waals surface area contributed by atoms with Crippen molar-refractivity contribution in [2.75, 3.05) is 121 Å². The summed E-state index contributed by atoms with van der Waals surface area (Å²) < 4.78 is 81.5. The number of aromatic nitrogens is 16. The third kappa shape index (κ3) is 14.9. The van der Waals surface area contributed by atoms with Crippen LogP contribution in [0.3, 0.4) is 0 Å². The Kier molecular flexibility index (Phi) is 19.9. The molecular formula is C91H94F4N28O4. The standard InChI is InChI=1S/3C23H24FN7O.C22H22FN7O/c1-11-27-7-14(8-28-11)32-23-29-20-6-15-16(4-13(24)5-19(15)26-2)21(20)22(30-23)31-9-12-3-18(25)17(12)10-31;1-12-27-9-14(10-28-12)32-22-29-18-7-15-16(5-13(24)6-17(15)26-2)20(18)21(30-22)31-4-3-23(11-31)8-19(23)25;1-12-27-8-14(9-28-12)32-22-29-18-7-15-16(5-13(24)6-17(15)26-2)20(18)21(30-22)31-10-19(25)23(11-31)3-4-23;1-10-26-6-12(7-27-10)31-22-28-18-5-13-14(3-11(23)4-17(13)25-2)19(18)21(29-22)30-8-15-16(9-30)20(15)24/h4-5,7-8,12,17-18,26H,3,6,9-10,25H2,1-2H3;5-6,9-10,19,26H,3-4,7-8,11,25H2,1-2H3;5-6,8-9,19,26H,3-4,7,10-11,25H2,1-2H3;3-4,6-7,15-16,20,25H,5,8-9,24H2,1-2H3/t;;19-;/m..0./s1. The van der Waals surface area contributed by atoms with Crippen LogP contribution in [-0.2, 0) is 25.7 Å². The molecule has 8 fully saturated rings. The van der Waals surface area contributed by atoms with Gasteiger partial charge in [-0.05, 0) is 177 Å². The fourth-order valence-electron chi connectivity index (χ4n) is 20.2. The van der Waals surface area contributed by atoms with Gasteiger partial charge in [0, 0.05) is 186 Å². The largest absolute Gasteiger partial charge is 0.421 e. The average Bonchev–Trinajstić information content (AvgIpc) is 1.58. The molecule has 650 valence electrons. The molecule has 4 saturated carbocycles. The highest BCUT2D eigenvalue weighted by atomic mass is 19.1. The van der Waals surface area contributed by atoms with E-state index < -0.39 is 0 Å². The van der Waals surface area contributed by atoms with Crippen molar-refractivity contribution >= 4 is 46.0 Å². The molecule has 32 nitrogen and oxygen atoms in total. The first-order chi connectivity index (χ1) is 61.4. The number of hydrogen-bond donors (Lipinski definition) is 8. The number of piperidine rings is 1. The maximum atomic E-state index is 14.5. The third-order valence-electron chi connectivity index (χ3n) is 27.3. The molecule has 24 rings (SSSR count). The zero-order valence-electron chi connectivity index (χ0n) is 71.3. The second-order valence-corrected chi connectivity index (χ2v) is 35.2. The van der Waals surface area contributed by atoms with Crippen LogP contribution in [0.25, 0.3) is 44.5 Å². The molecule has 8 aliphatic carbocycles. The second-order valence-electron chi connectivity index (χ2n) is 35.2. The number of nitrogens with one attached hydrogen (secondary N) is 4. The smallest absolute Gasteiger partial charge is 0.324 e. The summed E-state index contributed by atoms with van der Waals surface area (Å²) in [5.41, 5.74) is 42.8. The molecule has 8 atom stereocenters. The fraction of sp³-hybridized carbons (Fsp3) is 0.385. The van der Waals surface area contributed by atoms with Gasteiger partial charge in [0.05, 0.1) is 72.4 Å². The molecule has 12 aromatic rings. The second kappa shape index (κ2) is 31.4. The third-order valence-corrected chi connectivity index (χ3v) is 27.3. The van der Waals surface area contributed by atoms with Crippen LogP contribution in [0.4, 0.5) is 63.6 Å². The quantitative estimate of drug-likeness (QED) is 0.0417. The lowest BCUT2D eigenvalue weighted by Gasteiger charge is -2.36. The predicted molar refractivity (Wildman–Crippen MR) is 469 cm³/mol. The highest BCUT2D eigenvalue weighted by molar-refractivity contribution is 5.92. The summed E-state index contributed by atoms with van der Waals surface area (Å²) in [6, 6.07) is 14.2. The van der Waals surface area contributed by atoms with E-state index in [-0.39, 0.29) is 82.3 Å². The number of hydrogen-bond acceptors (Lipinski definition) is 32. The van der Waals surface area contributed by atoms with E-state index in [1.54, 1.807) is 102 Å². The number of aryl methyl sites for hydroxylation is 4. The Hall–Kier alpha value is -13.3. The molecule has 0 bridgehead atoms. The Morgan fingerprint density at radius 2 is 0.669 bits per heavy atom. The number of halogens is 4. The Bertz CT molecular complexity index is 6230. The lowest BCUT2D eigenvalue weighted by molar-refractivity contribution is 0.194. The molecule has 2 spiro atoms. The molecule has 127 heavy (non-hydrogen) atoms. The number of nitrogens with two attached hydrogens (primary N) is 4. The van der Waals surface area contributed by atoms with Crippen molar-refractivity contribution in [3.8, 4) is 91.5 Å². The van der Waals surface area contributed by atoms with E-state index in [0.29, 0.717) is 102 Å². The van der Waals surface area contributed by atoms with E-state index >= 15 is 0 Å². The molecule has 0 radical (unpaired) electrons. The van der Waals surface area contributed by atoms with Gasteiger partial charge in [-0.1, -0.05) is 0 Å². The van der Waals surface area contributed by atoms with Gasteiger partial charge in [-0.25, -0.2) is 57.4 Å². The van der Waals surface area contributed by atoms with Crippen molar-refractivity contribution < 1.29 is 36.5 Å². The van der Waals surface area contributed by atoms with Crippen molar-refractivity contribution in [1.82, 2.24) is 79.7 Å². The summed E-state index contributed by atoms with van der Waals surface area (Å²) in [7, 11) is 7.20. The first-order valence-corrected chi connectivity index (χ1v) is 43.0. The Labute approximate surface area is 728 Å². The van der Waals surface area contributed by atoms with E-state index in [4.69, 9.17) is 76.8 Å². The number of benzene rings is 4. The zero-order chi connectivity index (χ0) is 87.3. The van der Waals surface area contributed by atoms with Gasteiger partial charge < -0.3 is 82.7 Å². The van der Waals surface area contributed by atoms with Crippen LogP contribution in [0.1, 0.15) is 100 Å². The van der Waals surface area contributed by atoms with E-state index in [2.05, 4.69) is 85.7 Å². The normalized spacial score (nSPS) is 22.0. The van der Waals surface area contributed by atoms with Gasteiger partial charge >= 0.3 is 24.0 Å². The first-order valence-electron chi connectivity index (χ1n) is 43.0. The zero-order valence-corrected chi connectivity index (χ0v) is 71.3. The van der Waals surface area contributed by atoms with Crippen LogP contribution in [0.15, 0.2) is 98.1 Å². The van der Waals surface area contributed by atoms with Crippen LogP contribution in [-0.4, -0.2) is 184 Å². The molecule has 36 heteroatoms. The topological polar surface area (TPSA) is 408 Å². The van der Waals surface area contributed by atoms with Crippen molar-refractivity contribution in [1.29, 1.82) is 0 Å². The number of rotatable bonds is 16. The van der Waals surface area contributed by atoms with Crippen molar-refractivity contribution in [3.05, 3.63) is 190 Å². The summed E-state index contributed by atoms with van der Waals surface area (Å²) >= 11 is 0. The Morgan fingerprint density at radius 3 is 0.961 bits per heavy atom. The maximum Gasteiger partial charge on any atom is 0.324 e. The lowest BCUT2D eigenvalue weighted by atomic mass is 9.72. The van der Waals surface area contributed by atoms with Gasteiger partial charge in [-0.15, -0.1) is 0 Å². The number of ether oxygens (including phenoxy) is 4. The molecule has 7 unspecified atom stereocenters. The summed E-state index contributed by atoms with van der Waals surface area (Å²) in [5, 5.41) is 12.4. The maximum absolute atomic E-state index is 14.5. The number of anilines is 8. The minimum Gasteiger partial charge on any atom is -0.421 e. The van der Waals surface area contributed by atoms with E-state index in [1.807, 2.05) is 27.7 Å². The highest BCUT2D eigenvalue weighted by Crippen LogP contribution is 2.58. The van der Waals surface area contributed by atoms with Crippen LogP contribution in [0.2, 0.25) is 0 Å². The van der Waals surface area contributed by atoms with Crippen LogP contribution < -0.4 is 82.7 Å². The fourth-order valence-corrected chi connectivity index (χ4v) is 20.2. The Balaban J connectivity index is 0.000000103. The molecule has 12 aliphatic rings. The molecule has 12 N–H and O–H groups in total. The molecule has 0 amide bonds. The summed E-state index contributed by atoms with van der Waals surface area (Å²) in [6.45, 7) is 13.9. The van der Waals surface area contributed by atoms with Gasteiger partial charge in [0.25, 0.3) is 0 Å². The minimum absolute atomic E-state index is 0.101. The SMILES string of the molecule is CNc1cc(F)cc2c1Cc1nc(Oc3cnc(C)nc3)nc(N3CC4C(N)C4C3)c1-2.CNc1cc(F)cc2c1Cc1nc(Oc3cnc(C)nc3)nc(N3CC4CC(N)C4C3)c1-2.CNc1cc(F)cc2c1Cc1nc(Oc3cnc(C)nc3)nc(N3CCC4(CC4N)C3)c1-2.CNc1cc(F)cc2c1Cc1nc(Oc3cnc(C)nc3)nc(N3C[C@H](N)C4(CC4)C3)c1-2. The van der Waals surface area contributed by atoms with Crippen LogP contribution in [0, 0.1) is 85.5 Å². The molecule has 4 aromatic carbocycles. The van der Waals surface area contributed by atoms with Gasteiger partial charge in [0.15, 0.2) is 23.0 Å². The van der Waals surface area contributed by atoms with Crippen LogP contribution >= 0.6 is 0 Å². The molecular weight excluding hydrogens is 1630 g/mol. The van der Waals surface area contributed by atoms with Crippen molar-refractivity contribution in [2.45, 2.75) is 110 Å². The first kappa shape index (κ1) is 80.8. The summed E-state index contributed by atoms with van der Waals surface area (Å²) in [5.74, 6) is 8.49.